The minimum absolute atomic E-state index is 0.126. The third kappa shape index (κ3) is 2.12. The van der Waals surface area contributed by atoms with E-state index in [0.717, 1.165) is 27.7 Å². The van der Waals surface area contributed by atoms with E-state index in [4.69, 9.17) is 9.47 Å². The summed E-state index contributed by atoms with van der Waals surface area (Å²) in [5.41, 5.74) is 3.96. The number of rotatable bonds is 2. The van der Waals surface area contributed by atoms with Gasteiger partial charge in [-0.2, -0.15) is 0 Å². The highest BCUT2D eigenvalue weighted by Gasteiger charge is 2.52. The van der Waals surface area contributed by atoms with Gasteiger partial charge in [0, 0.05) is 29.6 Å². The van der Waals surface area contributed by atoms with Gasteiger partial charge in [-0.1, -0.05) is 24.3 Å². The molecule has 0 aliphatic carbocycles. The highest BCUT2D eigenvalue weighted by atomic mass is 16.7. The van der Waals surface area contributed by atoms with Crippen LogP contribution in [-0.4, -0.2) is 46.1 Å². The van der Waals surface area contributed by atoms with Crippen LogP contribution >= 0.6 is 0 Å². The topological polar surface area (TPSA) is 74.9 Å². The number of hydrogen-bond acceptors (Lipinski definition) is 4. The minimum Gasteiger partial charge on any atom is -0.454 e. The number of fused-ring (bicyclic) bond motifs is 5. The van der Waals surface area contributed by atoms with E-state index in [1.807, 2.05) is 43.3 Å². The molecule has 0 radical (unpaired) electrons. The van der Waals surface area contributed by atoms with Gasteiger partial charge in [0.25, 0.3) is 5.91 Å². The third-order valence-corrected chi connectivity index (χ3v) is 6.16. The average molecular weight is 389 g/mol. The van der Waals surface area contributed by atoms with Crippen LogP contribution in [0.4, 0.5) is 4.79 Å². The Labute approximate surface area is 166 Å². The van der Waals surface area contributed by atoms with Crippen LogP contribution in [0.5, 0.6) is 11.5 Å². The first-order chi connectivity index (χ1) is 14.2. The summed E-state index contributed by atoms with van der Waals surface area (Å²) < 4.78 is 11.0. The maximum Gasteiger partial charge on any atom is 0.328 e. The van der Waals surface area contributed by atoms with Crippen molar-refractivity contribution in [3.8, 4) is 11.5 Å². The predicted molar refractivity (Wildman–Crippen MR) is 105 cm³/mol. The molecule has 1 saturated heterocycles. The molecular formula is C22H19N3O4. The summed E-state index contributed by atoms with van der Waals surface area (Å²) in [7, 11) is 0. The Morgan fingerprint density at radius 3 is 2.79 bits per heavy atom. The van der Waals surface area contributed by atoms with E-state index in [9.17, 15) is 9.59 Å². The highest BCUT2D eigenvalue weighted by Crippen LogP contribution is 2.45. The molecule has 7 nitrogen and oxygen atoms in total. The molecule has 3 amide bonds. The lowest BCUT2D eigenvalue weighted by Gasteiger charge is -2.36. The number of amides is 3. The van der Waals surface area contributed by atoms with Gasteiger partial charge in [-0.15, -0.1) is 0 Å². The van der Waals surface area contributed by atoms with Crippen LogP contribution in [0.25, 0.3) is 10.9 Å². The van der Waals surface area contributed by atoms with Crippen molar-refractivity contribution >= 4 is 22.8 Å². The van der Waals surface area contributed by atoms with Gasteiger partial charge >= 0.3 is 6.03 Å². The summed E-state index contributed by atoms with van der Waals surface area (Å²) in [5, 5.41) is 1.10. The largest absolute Gasteiger partial charge is 0.454 e. The lowest BCUT2D eigenvalue weighted by Crippen LogP contribution is -2.44. The summed E-state index contributed by atoms with van der Waals surface area (Å²) >= 11 is 0. The highest BCUT2D eigenvalue weighted by molar-refractivity contribution is 6.05. The Hall–Kier alpha value is -3.48. The second-order valence-corrected chi connectivity index (χ2v) is 7.57. The van der Waals surface area contributed by atoms with Crippen LogP contribution < -0.4 is 9.47 Å². The number of para-hydroxylation sites is 1. The Kier molecular flexibility index (Phi) is 3.27. The summed E-state index contributed by atoms with van der Waals surface area (Å²) in [6.45, 7) is 2.39. The summed E-state index contributed by atoms with van der Waals surface area (Å²) in [5.74, 6) is 1.23. The van der Waals surface area contributed by atoms with Crippen LogP contribution in [0.2, 0.25) is 0 Å². The molecule has 2 aromatic carbocycles. The fourth-order valence-electron chi connectivity index (χ4n) is 4.85. The Morgan fingerprint density at radius 1 is 1.10 bits per heavy atom. The number of likely N-dealkylation sites (N-methyl/N-ethyl adjacent to an activating group) is 1. The lowest BCUT2D eigenvalue weighted by molar-refractivity contribution is -0.128. The number of urea groups is 1. The van der Waals surface area contributed by atoms with Gasteiger partial charge in [-0.05, 0) is 36.2 Å². The molecule has 7 heteroatoms. The van der Waals surface area contributed by atoms with Gasteiger partial charge in [0.05, 0.1) is 0 Å². The van der Waals surface area contributed by atoms with Gasteiger partial charge in [0.1, 0.15) is 12.1 Å². The molecule has 3 aromatic rings. The van der Waals surface area contributed by atoms with Gasteiger partial charge in [-0.3, -0.25) is 14.6 Å². The standard InChI is InChI=1S/C22H19N3O4/c1-2-24-21(26)16-10-14-13-5-3-4-6-15(13)23-19(14)20(25(16)22(24)27)12-7-8-17-18(9-12)29-11-28-17/h3-9,16,20,23H,2,10-11H2,1H3/t16-,20+/m1/s1. The van der Waals surface area contributed by atoms with Gasteiger partial charge in [0.2, 0.25) is 6.79 Å². The molecule has 1 aromatic heterocycles. The van der Waals surface area contributed by atoms with E-state index in [-0.39, 0.29) is 18.7 Å². The van der Waals surface area contributed by atoms with E-state index in [1.54, 1.807) is 4.90 Å². The number of hydrogen-bond donors (Lipinski definition) is 1. The van der Waals surface area contributed by atoms with Crippen molar-refractivity contribution < 1.29 is 19.1 Å². The number of carbonyl (C=O) groups excluding carboxylic acids is 2. The van der Waals surface area contributed by atoms with E-state index in [2.05, 4.69) is 11.1 Å². The molecule has 146 valence electrons. The average Bonchev–Trinajstić information content (AvgIpc) is 3.41. The third-order valence-electron chi connectivity index (χ3n) is 6.16. The zero-order valence-electron chi connectivity index (χ0n) is 15.8. The molecule has 29 heavy (non-hydrogen) atoms. The molecule has 0 saturated carbocycles. The van der Waals surface area contributed by atoms with E-state index >= 15 is 0 Å². The molecule has 0 bridgehead atoms. The van der Waals surface area contributed by atoms with Crippen molar-refractivity contribution in [2.75, 3.05) is 13.3 Å². The lowest BCUT2D eigenvalue weighted by atomic mass is 9.88. The van der Waals surface area contributed by atoms with Crippen molar-refractivity contribution in [3.63, 3.8) is 0 Å². The number of aromatic amines is 1. The van der Waals surface area contributed by atoms with Crippen LogP contribution in [-0.2, 0) is 11.2 Å². The number of ether oxygens (including phenoxy) is 2. The fraction of sp³-hybridized carbons (Fsp3) is 0.273. The monoisotopic (exact) mass is 389 g/mol. The van der Waals surface area contributed by atoms with Gasteiger partial charge in [0.15, 0.2) is 11.5 Å². The fourth-order valence-corrected chi connectivity index (χ4v) is 4.85. The molecule has 1 N–H and O–H groups in total. The quantitative estimate of drug-likeness (QED) is 0.683. The first kappa shape index (κ1) is 16.5. The van der Waals surface area contributed by atoms with Gasteiger partial charge < -0.3 is 14.5 Å². The zero-order valence-corrected chi connectivity index (χ0v) is 15.8. The molecule has 1 fully saturated rings. The Morgan fingerprint density at radius 2 is 1.93 bits per heavy atom. The van der Waals surface area contributed by atoms with Crippen molar-refractivity contribution in [1.29, 1.82) is 0 Å². The van der Waals surface area contributed by atoms with Crippen LogP contribution in [0.1, 0.15) is 29.8 Å². The van der Waals surface area contributed by atoms with Crippen molar-refractivity contribution in [3.05, 3.63) is 59.3 Å². The first-order valence-corrected chi connectivity index (χ1v) is 9.80. The summed E-state index contributed by atoms with van der Waals surface area (Å²) in [6, 6.07) is 12.7. The molecule has 0 unspecified atom stereocenters. The van der Waals surface area contributed by atoms with E-state index in [0.29, 0.717) is 24.5 Å². The maximum atomic E-state index is 13.2. The number of nitrogens with one attached hydrogen (secondary N) is 1. The van der Waals surface area contributed by atoms with Crippen molar-refractivity contribution in [2.45, 2.75) is 25.4 Å². The van der Waals surface area contributed by atoms with E-state index < -0.39 is 12.1 Å². The van der Waals surface area contributed by atoms with E-state index in [1.165, 1.54) is 4.90 Å². The maximum absolute atomic E-state index is 13.2. The Bertz CT molecular complexity index is 1180. The predicted octanol–water partition coefficient (Wildman–Crippen LogP) is 3.19. The van der Waals surface area contributed by atoms with Crippen molar-refractivity contribution in [2.24, 2.45) is 0 Å². The molecule has 3 aliphatic rings. The SMILES string of the molecule is CCN1C(=O)[C@H]2Cc3c([nH]c4ccccc34)[C@H](c3ccc4c(c3)OCO4)N2C1=O. The molecule has 2 atom stereocenters. The first-order valence-electron chi connectivity index (χ1n) is 9.80. The molecule has 4 heterocycles. The normalized spacial score (nSPS) is 22.4. The van der Waals surface area contributed by atoms with Crippen molar-refractivity contribution in [1.82, 2.24) is 14.8 Å². The van der Waals surface area contributed by atoms with Crippen LogP contribution in [0.3, 0.4) is 0 Å². The Balaban J connectivity index is 1.59. The second-order valence-electron chi connectivity index (χ2n) is 7.57. The molecular weight excluding hydrogens is 370 g/mol. The summed E-state index contributed by atoms with van der Waals surface area (Å²) in [6.07, 6.45) is 0.515. The number of benzene rings is 2. The second kappa shape index (κ2) is 5.76. The number of imide groups is 1. The molecule has 0 spiro atoms. The number of nitrogens with zero attached hydrogens (tertiary/aromatic N) is 2. The number of H-pyrrole nitrogens is 1. The summed E-state index contributed by atoms with van der Waals surface area (Å²) in [4.78, 5) is 32.8. The number of carbonyl (C=O) groups is 2. The van der Waals surface area contributed by atoms with Crippen LogP contribution in [0, 0.1) is 0 Å². The number of aromatic nitrogens is 1. The minimum atomic E-state index is -0.496. The van der Waals surface area contributed by atoms with Crippen LogP contribution in [0.15, 0.2) is 42.5 Å². The smallest absolute Gasteiger partial charge is 0.328 e. The van der Waals surface area contributed by atoms with Gasteiger partial charge in [-0.25, -0.2) is 4.79 Å². The molecule has 6 rings (SSSR count). The molecule has 3 aliphatic heterocycles. The zero-order chi connectivity index (χ0) is 19.7.